The van der Waals surface area contributed by atoms with Gasteiger partial charge in [0, 0.05) is 12.0 Å². The van der Waals surface area contributed by atoms with Gasteiger partial charge in [0.15, 0.2) is 0 Å². The Labute approximate surface area is 120 Å². The molecule has 3 rings (SSSR count). The highest BCUT2D eigenvalue weighted by molar-refractivity contribution is 8.00. The molecule has 0 aliphatic carbocycles. The molecule has 2 aromatic rings. The lowest BCUT2D eigenvalue weighted by Gasteiger charge is -2.01. The lowest BCUT2D eigenvalue weighted by atomic mass is 10.1. The third-order valence-corrected chi connectivity index (χ3v) is 4.08. The van der Waals surface area contributed by atoms with Gasteiger partial charge in [-0.2, -0.15) is 0 Å². The number of carbonyl (C=O) groups is 1. The highest BCUT2D eigenvalue weighted by atomic mass is 32.2. The Morgan fingerprint density at radius 2 is 1.95 bits per heavy atom. The van der Waals surface area contributed by atoms with Crippen molar-refractivity contribution in [3.63, 3.8) is 0 Å². The van der Waals surface area contributed by atoms with E-state index in [1.54, 1.807) is 0 Å². The lowest BCUT2D eigenvalue weighted by molar-refractivity contribution is -0.137. The van der Waals surface area contributed by atoms with E-state index in [1.807, 2.05) is 26.0 Å². The quantitative estimate of drug-likeness (QED) is 0.810. The summed E-state index contributed by atoms with van der Waals surface area (Å²) < 4.78 is 10.5. The van der Waals surface area contributed by atoms with E-state index in [4.69, 9.17) is 9.15 Å². The largest absolute Gasteiger partial charge is 0.465 e. The minimum atomic E-state index is -0.234. The maximum absolute atomic E-state index is 11.4. The summed E-state index contributed by atoms with van der Waals surface area (Å²) >= 11 is 1.27. The van der Waals surface area contributed by atoms with Crippen LogP contribution in [0.5, 0.6) is 0 Å². The molecule has 6 heteroatoms. The Morgan fingerprint density at radius 1 is 1.20 bits per heavy atom. The second-order valence-corrected chi connectivity index (χ2v) is 5.97. The average molecular weight is 290 g/mol. The molecule has 0 spiro atoms. The number of hydrogen-bond donors (Lipinski definition) is 0. The number of rotatable bonds is 3. The summed E-state index contributed by atoms with van der Waals surface area (Å²) in [5.74, 6) is 0.270. The lowest BCUT2D eigenvalue weighted by Crippen LogP contribution is -2.09. The normalized spacial score (nSPS) is 18.3. The number of benzene rings is 1. The van der Waals surface area contributed by atoms with Crippen LogP contribution in [-0.4, -0.2) is 28.0 Å². The second-order valence-electron chi connectivity index (χ2n) is 4.81. The highest BCUT2D eigenvalue weighted by Crippen LogP contribution is 2.30. The third-order valence-electron chi connectivity index (χ3n) is 3.01. The molecule has 0 unspecified atom stereocenters. The number of carbonyl (C=O) groups excluding carboxylic acids is 1. The second kappa shape index (κ2) is 5.28. The van der Waals surface area contributed by atoms with Gasteiger partial charge >= 0.3 is 5.97 Å². The fourth-order valence-corrected chi connectivity index (χ4v) is 3.02. The predicted molar refractivity (Wildman–Crippen MR) is 74.4 cm³/mol. The van der Waals surface area contributed by atoms with E-state index in [9.17, 15) is 4.79 Å². The molecule has 1 fully saturated rings. The smallest absolute Gasteiger partial charge is 0.319 e. The monoisotopic (exact) mass is 290 g/mol. The number of ether oxygens (including phenoxy) is 1. The molecule has 1 aromatic carbocycles. The van der Waals surface area contributed by atoms with Crippen LogP contribution in [0.15, 0.2) is 27.8 Å². The zero-order valence-electron chi connectivity index (χ0n) is 11.3. The van der Waals surface area contributed by atoms with Crippen molar-refractivity contribution in [3.05, 3.63) is 29.3 Å². The molecule has 20 heavy (non-hydrogen) atoms. The maximum atomic E-state index is 11.4. The SMILES string of the molecule is Cc1cc(C)cc(-c2nnc(S[C@H]3CCOC3=O)o2)c1. The average Bonchev–Trinajstić information content (AvgIpc) is 2.99. The molecule has 1 aliphatic rings. The highest BCUT2D eigenvalue weighted by Gasteiger charge is 2.29. The molecule has 1 atom stereocenters. The van der Waals surface area contributed by atoms with Gasteiger partial charge in [0.1, 0.15) is 5.25 Å². The zero-order chi connectivity index (χ0) is 14.1. The van der Waals surface area contributed by atoms with Crippen LogP contribution in [0.1, 0.15) is 17.5 Å². The van der Waals surface area contributed by atoms with Crippen LogP contribution in [0.25, 0.3) is 11.5 Å². The van der Waals surface area contributed by atoms with Gasteiger partial charge in [0.25, 0.3) is 5.22 Å². The first-order valence-electron chi connectivity index (χ1n) is 6.37. The van der Waals surface area contributed by atoms with E-state index in [0.29, 0.717) is 24.1 Å². The Hall–Kier alpha value is -1.82. The van der Waals surface area contributed by atoms with Crippen LogP contribution in [0, 0.1) is 13.8 Å². The molecule has 0 amide bonds. The number of hydrogen-bond acceptors (Lipinski definition) is 6. The fourth-order valence-electron chi connectivity index (χ4n) is 2.18. The standard InChI is InChI=1S/C14H14N2O3S/c1-8-5-9(2)7-10(6-8)12-15-16-14(19-12)20-11-3-4-18-13(11)17/h5-7,11H,3-4H2,1-2H3/t11-/m0/s1. The van der Waals surface area contributed by atoms with Crippen molar-refractivity contribution in [2.45, 2.75) is 30.7 Å². The third kappa shape index (κ3) is 2.70. The molecule has 104 valence electrons. The van der Waals surface area contributed by atoms with E-state index in [-0.39, 0.29) is 11.2 Å². The number of esters is 1. The van der Waals surface area contributed by atoms with Crippen LogP contribution in [0.3, 0.4) is 0 Å². The number of thioether (sulfide) groups is 1. The van der Waals surface area contributed by atoms with Crippen molar-refractivity contribution in [1.82, 2.24) is 10.2 Å². The topological polar surface area (TPSA) is 65.2 Å². The van der Waals surface area contributed by atoms with Gasteiger partial charge in [-0.15, -0.1) is 10.2 Å². The first-order valence-corrected chi connectivity index (χ1v) is 7.25. The summed E-state index contributed by atoms with van der Waals surface area (Å²) in [5, 5.41) is 8.21. The molecule has 1 saturated heterocycles. The minimum Gasteiger partial charge on any atom is -0.465 e. The van der Waals surface area contributed by atoms with Crippen molar-refractivity contribution in [2.24, 2.45) is 0 Å². The van der Waals surface area contributed by atoms with Crippen LogP contribution in [0.4, 0.5) is 0 Å². The van der Waals surface area contributed by atoms with E-state index < -0.39 is 0 Å². The molecular weight excluding hydrogens is 276 g/mol. The van der Waals surface area contributed by atoms with Crippen molar-refractivity contribution < 1.29 is 13.9 Å². The van der Waals surface area contributed by atoms with Gasteiger partial charge in [0.2, 0.25) is 5.89 Å². The molecule has 0 N–H and O–H groups in total. The van der Waals surface area contributed by atoms with Gasteiger partial charge < -0.3 is 9.15 Å². The van der Waals surface area contributed by atoms with E-state index in [0.717, 1.165) is 16.7 Å². The van der Waals surface area contributed by atoms with Crippen molar-refractivity contribution >= 4 is 17.7 Å². The Bertz CT molecular complexity index is 633. The summed E-state index contributed by atoms with van der Waals surface area (Å²) in [6, 6.07) is 6.08. The van der Waals surface area contributed by atoms with E-state index in [1.165, 1.54) is 11.8 Å². The Kier molecular flexibility index (Phi) is 3.48. The summed E-state index contributed by atoms with van der Waals surface area (Å²) in [7, 11) is 0. The molecule has 0 radical (unpaired) electrons. The Morgan fingerprint density at radius 3 is 2.60 bits per heavy atom. The van der Waals surface area contributed by atoms with Gasteiger partial charge in [0.05, 0.1) is 6.61 Å². The summed E-state index contributed by atoms with van der Waals surface area (Å²) in [6.45, 7) is 4.52. The maximum Gasteiger partial charge on any atom is 0.319 e. The van der Waals surface area contributed by atoms with Crippen LogP contribution in [-0.2, 0) is 9.53 Å². The Balaban J connectivity index is 1.81. The number of aromatic nitrogens is 2. The zero-order valence-corrected chi connectivity index (χ0v) is 12.1. The minimum absolute atomic E-state index is 0.207. The van der Waals surface area contributed by atoms with Crippen molar-refractivity contribution in [1.29, 1.82) is 0 Å². The van der Waals surface area contributed by atoms with E-state index >= 15 is 0 Å². The number of cyclic esters (lactones) is 1. The molecule has 0 bridgehead atoms. The first kappa shape index (κ1) is 13.2. The molecule has 5 nitrogen and oxygen atoms in total. The number of nitrogens with zero attached hydrogens (tertiary/aromatic N) is 2. The van der Waals surface area contributed by atoms with E-state index in [2.05, 4.69) is 16.3 Å². The molecule has 1 aromatic heterocycles. The molecule has 0 saturated carbocycles. The van der Waals surface area contributed by atoms with Gasteiger partial charge in [-0.05, 0) is 37.7 Å². The summed E-state index contributed by atoms with van der Waals surface area (Å²) in [5.41, 5.74) is 3.19. The summed E-state index contributed by atoms with van der Waals surface area (Å²) in [6.07, 6.45) is 0.685. The van der Waals surface area contributed by atoms with Gasteiger partial charge in [-0.25, -0.2) is 0 Å². The predicted octanol–water partition coefficient (Wildman–Crippen LogP) is 2.76. The van der Waals surface area contributed by atoms with Crippen LogP contribution in [0.2, 0.25) is 0 Å². The molecule has 2 heterocycles. The molecule has 1 aliphatic heterocycles. The van der Waals surface area contributed by atoms with Gasteiger partial charge in [-0.1, -0.05) is 17.2 Å². The number of aryl methyl sites for hydroxylation is 2. The van der Waals surface area contributed by atoms with Crippen LogP contribution >= 0.6 is 11.8 Å². The van der Waals surface area contributed by atoms with Gasteiger partial charge in [-0.3, -0.25) is 4.79 Å². The van der Waals surface area contributed by atoms with Crippen LogP contribution < -0.4 is 0 Å². The fraction of sp³-hybridized carbons (Fsp3) is 0.357. The summed E-state index contributed by atoms with van der Waals surface area (Å²) in [4.78, 5) is 11.4. The first-order chi connectivity index (χ1) is 9.61. The molecular formula is C14H14N2O3S. The van der Waals surface area contributed by atoms with Crippen molar-refractivity contribution in [2.75, 3.05) is 6.61 Å². The van der Waals surface area contributed by atoms with Crippen molar-refractivity contribution in [3.8, 4) is 11.5 Å².